The van der Waals surface area contributed by atoms with Crippen LogP contribution in [0.2, 0.25) is 0 Å². The SMILES string of the molecule is CCOC(=O)c1cccnc1SC1C(C(c2ccccc2)c2ccccc2)CCN(C(=O)CC)C1N. The van der Waals surface area contributed by atoms with Gasteiger partial charge in [-0.3, -0.25) is 4.79 Å². The van der Waals surface area contributed by atoms with E-state index in [1.165, 1.54) is 22.9 Å². The highest BCUT2D eigenvalue weighted by atomic mass is 32.2. The number of aromatic nitrogens is 1. The van der Waals surface area contributed by atoms with Gasteiger partial charge in [-0.15, -0.1) is 0 Å². The van der Waals surface area contributed by atoms with Crippen LogP contribution in [0.25, 0.3) is 0 Å². The number of nitrogens with two attached hydrogens (primary N) is 1. The number of likely N-dealkylation sites (tertiary alicyclic amines) is 1. The highest BCUT2D eigenvalue weighted by Gasteiger charge is 2.43. The van der Waals surface area contributed by atoms with Crippen molar-refractivity contribution in [3.63, 3.8) is 0 Å². The lowest BCUT2D eigenvalue weighted by molar-refractivity contribution is -0.135. The van der Waals surface area contributed by atoms with Crippen molar-refractivity contribution in [2.45, 2.75) is 49.0 Å². The fraction of sp³-hybridized carbons (Fsp3) is 0.345. The predicted molar refractivity (Wildman–Crippen MR) is 143 cm³/mol. The van der Waals surface area contributed by atoms with Gasteiger partial charge < -0.3 is 15.4 Å². The van der Waals surface area contributed by atoms with Crippen LogP contribution in [0.3, 0.4) is 0 Å². The lowest BCUT2D eigenvalue weighted by Crippen LogP contribution is -2.58. The number of esters is 1. The Balaban J connectivity index is 1.78. The summed E-state index contributed by atoms with van der Waals surface area (Å²) in [4.78, 5) is 31.8. The smallest absolute Gasteiger partial charge is 0.340 e. The van der Waals surface area contributed by atoms with Gasteiger partial charge in [-0.2, -0.15) is 0 Å². The maximum absolute atomic E-state index is 12.8. The van der Waals surface area contributed by atoms with E-state index in [0.717, 1.165) is 6.42 Å². The quantitative estimate of drug-likeness (QED) is 0.431. The molecule has 3 aromatic rings. The minimum Gasteiger partial charge on any atom is -0.462 e. The number of carbonyl (C=O) groups is 2. The van der Waals surface area contributed by atoms with Crippen molar-refractivity contribution in [2.24, 2.45) is 11.7 Å². The van der Waals surface area contributed by atoms with Crippen molar-refractivity contribution in [2.75, 3.05) is 13.2 Å². The molecule has 0 radical (unpaired) electrons. The third-order valence-corrected chi connectivity index (χ3v) is 8.15. The van der Waals surface area contributed by atoms with Gasteiger partial charge in [0, 0.05) is 30.3 Å². The Kier molecular flexibility index (Phi) is 8.78. The summed E-state index contributed by atoms with van der Waals surface area (Å²) in [5.74, 6) is -0.190. The molecule has 1 amide bonds. The van der Waals surface area contributed by atoms with Crippen LogP contribution in [0.1, 0.15) is 54.1 Å². The number of ether oxygens (including phenoxy) is 1. The fourth-order valence-corrected chi connectivity index (χ4v) is 6.44. The second-order valence-corrected chi connectivity index (χ2v) is 10.0. The van der Waals surface area contributed by atoms with E-state index in [1.54, 1.807) is 30.2 Å². The maximum atomic E-state index is 12.8. The van der Waals surface area contributed by atoms with Gasteiger partial charge in [0.05, 0.1) is 18.3 Å². The van der Waals surface area contributed by atoms with Crippen LogP contribution in [0.4, 0.5) is 0 Å². The molecule has 0 saturated carbocycles. The lowest BCUT2D eigenvalue weighted by atomic mass is 9.75. The van der Waals surface area contributed by atoms with Gasteiger partial charge >= 0.3 is 5.97 Å². The molecule has 2 N–H and O–H groups in total. The summed E-state index contributed by atoms with van der Waals surface area (Å²) in [5, 5.41) is 0.384. The predicted octanol–water partition coefficient (Wildman–Crippen LogP) is 5.09. The van der Waals surface area contributed by atoms with Crippen LogP contribution in [0.5, 0.6) is 0 Å². The zero-order valence-corrected chi connectivity index (χ0v) is 21.6. The first-order valence-electron chi connectivity index (χ1n) is 12.5. The Labute approximate surface area is 217 Å². The topological polar surface area (TPSA) is 85.5 Å². The van der Waals surface area contributed by atoms with Crippen LogP contribution in [0.15, 0.2) is 84.0 Å². The highest BCUT2D eigenvalue weighted by Crippen LogP contribution is 2.45. The zero-order valence-electron chi connectivity index (χ0n) is 20.7. The lowest BCUT2D eigenvalue weighted by Gasteiger charge is -2.46. The summed E-state index contributed by atoms with van der Waals surface area (Å²) in [6, 6.07) is 24.3. The van der Waals surface area contributed by atoms with Gasteiger partial charge in [-0.25, -0.2) is 9.78 Å². The molecule has 4 rings (SSSR count). The Bertz CT molecular complexity index is 1120. The summed E-state index contributed by atoms with van der Waals surface area (Å²) in [6.07, 6.45) is 2.34. The molecule has 7 heteroatoms. The largest absolute Gasteiger partial charge is 0.462 e. The van der Waals surface area contributed by atoms with Gasteiger partial charge in [0.2, 0.25) is 5.91 Å². The molecule has 1 aromatic heterocycles. The van der Waals surface area contributed by atoms with Crippen molar-refractivity contribution >= 4 is 23.6 Å². The van der Waals surface area contributed by atoms with Gasteiger partial charge in [0.1, 0.15) is 5.03 Å². The van der Waals surface area contributed by atoms with Crippen molar-refractivity contribution in [3.8, 4) is 0 Å². The Hall–Kier alpha value is -3.16. The fourth-order valence-electron chi connectivity index (χ4n) is 5.03. The number of nitrogens with zero attached hydrogens (tertiary/aromatic N) is 2. The summed E-state index contributed by atoms with van der Waals surface area (Å²) in [5.41, 5.74) is 9.68. The van der Waals surface area contributed by atoms with Gasteiger partial charge in [0.25, 0.3) is 0 Å². The number of hydrogen-bond donors (Lipinski definition) is 1. The number of piperidine rings is 1. The van der Waals surface area contributed by atoms with Gasteiger partial charge in [-0.05, 0) is 42.5 Å². The summed E-state index contributed by atoms with van der Waals surface area (Å²) in [6.45, 7) is 4.52. The second kappa shape index (κ2) is 12.2. The third kappa shape index (κ3) is 5.63. The van der Waals surface area contributed by atoms with Crippen molar-refractivity contribution in [1.82, 2.24) is 9.88 Å². The van der Waals surface area contributed by atoms with Gasteiger partial charge in [0.15, 0.2) is 0 Å². The minimum absolute atomic E-state index is 0.0363. The van der Waals surface area contributed by atoms with E-state index in [-0.39, 0.29) is 29.6 Å². The Morgan fingerprint density at radius 3 is 2.25 bits per heavy atom. The molecule has 36 heavy (non-hydrogen) atoms. The highest BCUT2D eigenvalue weighted by molar-refractivity contribution is 8.00. The monoisotopic (exact) mass is 503 g/mol. The van der Waals surface area contributed by atoms with Crippen LogP contribution < -0.4 is 5.73 Å². The normalized spacial score (nSPS) is 19.8. The molecule has 3 atom stereocenters. The molecule has 3 unspecified atom stereocenters. The number of amides is 1. The Morgan fingerprint density at radius 2 is 1.67 bits per heavy atom. The first-order valence-corrected chi connectivity index (χ1v) is 13.4. The summed E-state index contributed by atoms with van der Waals surface area (Å²) >= 11 is 1.48. The second-order valence-electron chi connectivity index (χ2n) is 8.84. The first-order chi connectivity index (χ1) is 17.5. The number of carbonyl (C=O) groups excluding carboxylic acids is 2. The van der Waals surface area contributed by atoms with Crippen LogP contribution in [-0.2, 0) is 9.53 Å². The van der Waals surface area contributed by atoms with E-state index in [4.69, 9.17) is 10.5 Å². The molecule has 188 valence electrons. The standard InChI is InChI=1S/C29H33N3O3S/c1-3-24(33)32-19-17-22(25(20-12-7-5-8-13-20)21-14-9-6-10-15-21)26(27(32)30)36-28-23(16-11-18-31-28)29(34)35-4-2/h5-16,18,22,25-27H,3-4,17,19,30H2,1-2H3. The summed E-state index contributed by atoms with van der Waals surface area (Å²) < 4.78 is 5.29. The van der Waals surface area contributed by atoms with Crippen LogP contribution in [-0.4, -0.2) is 46.3 Å². The average Bonchev–Trinajstić information content (AvgIpc) is 2.92. The molecule has 1 aliphatic heterocycles. The van der Waals surface area contributed by atoms with Crippen molar-refractivity contribution in [1.29, 1.82) is 0 Å². The molecule has 0 spiro atoms. The number of benzene rings is 2. The number of rotatable bonds is 8. The van der Waals surface area contributed by atoms with E-state index in [0.29, 0.717) is 23.6 Å². The average molecular weight is 504 g/mol. The summed E-state index contributed by atoms with van der Waals surface area (Å²) in [7, 11) is 0. The first kappa shape index (κ1) is 25.9. The van der Waals surface area contributed by atoms with E-state index in [9.17, 15) is 9.59 Å². The van der Waals surface area contributed by atoms with E-state index in [2.05, 4.69) is 53.5 Å². The van der Waals surface area contributed by atoms with Crippen molar-refractivity contribution < 1.29 is 14.3 Å². The molecule has 1 aliphatic rings. The molecular formula is C29H33N3O3S. The molecule has 1 fully saturated rings. The Morgan fingerprint density at radius 1 is 1.03 bits per heavy atom. The van der Waals surface area contributed by atoms with Gasteiger partial charge in [-0.1, -0.05) is 79.3 Å². The molecule has 0 aliphatic carbocycles. The van der Waals surface area contributed by atoms with Crippen LogP contribution in [0, 0.1) is 5.92 Å². The molecule has 0 bridgehead atoms. The zero-order chi connectivity index (χ0) is 25.5. The maximum Gasteiger partial charge on any atom is 0.340 e. The van der Waals surface area contributed by atoms with Crippen molar-refractivity contribution in [3.05, 3.63) is 95.7 Å². The molecule has 1 saturated heterocycles. The number of hydrogen-bond acceptors (Lipinski definition) is 6. The van der Waals surface area contributed by atoms with E-state index >= 15 is 0 Å². The molecular weight excluding hydrogens is 470 g/mol. The third-order valence-electron chi connectivity index (χ3n) is 6.70. The van der Waals surface area contributed by atoms with E-state index in [1.807, 2.05) is 19.1 Å². The molecule has 2 aromatic carbocycles. The van der Waals surface area contributed by atoms with E-state index < -0.39 is 12.1 Å². The number of pyridine rings is 1. The minimum atomic E-state index is -0.520. The van der Waals surface area contributed by atoms with Crippen LogP contribution >= 0.6 is 11.8 Å². The molecule has 2 heterocycles. The molecule has 6 nitrogen and oxygen atoms in total. The number of thioether (sulfide) groups is 1.